The lowest BCUT2D eigenvalue weighted by molar-refractivity contribution is -0.120. The van der Waals surface area contributed by atoms with E-state index in [1.807, 2.05) is 30.3 Å². The Bertz CT molecular complexity index is 810. The van der Waals surface area contributed by atoms with Crippen molar-refractivity contribution in [1.29, 1.82) is 0 Å². The van der Waals surface area contributed by atoms with Crippen molar-refractivity contribution in [2.45, 2.75) is 13.0 Å². The summed E-state index contributed by atoms with van der Waals surface area (Å²) in [6.07, 6.45) is 1.19. The quantitative estimate of drug-likeness (QED) is 0.779. The molecular formula is C18H21FN2O3S. The van der Waals surface area contributed by atoms with Gasteiger partial charge in [-0.3, -0.25) is 4.79 Å². The summed E-state index contributed by atoms with van der Waals surface area (Å²) in [5.74, 6) is -0.671. The molecule has 2 aromatic rings. The van der Waals surface area contributed by atoms with Crippen LogP contribution >= 0.6 is 0 Å². The van der Waals surface area contributed by atoms with Crippen LogP contribution in [0.15, 0.2) is 54.6 Å². The lowest BCUT2D eigenvalue weighted by Gasteiger charge is -2.20. The van der Waals surface area contributed by atoms with E-state index in [1.165, 1.54) is 16.4 Å². The highest BCUT2D eigenvalue weighted by Gasteiger charge is 2.17. The van der Waals surface area contributed by atoms with Crippen molar-refractivity contribution < 1.29 is 17.6 Å². The Labute approximate surface area is 147 Å². The summed E-state index contributed by atoms with van der Waals surface area (Å²) in [6, 6.07) is 15.1. The van der Waals surface area contributed by atoms with E-state index in [0.717, 1.165) is 11.8 Å². The van der Waals surface area contributed by atoms with Gasteiger partial charge in [0.05, 0.1) is 12.7 Å². The average Bonchev–Trinajstić information content (AvgIpc) is 2.54. The van der Waals surface area contributed by atoms with Gasteiger partial charge in [-0.2, -0.15) is 4.31 Å². The number of hydrogen-bond acceptors (Lipinski definition) is 3. The minimum absolute atomic E-state index is 0.0509. The van der Waals surface area contributed by atoms with E-state index in [2.05, 4.69) is 5.32 Å². The molecule has 0 heterocycles. The topological polar surface area (TPSA) is 66.5 Å². The summed E-state index contributed by atoms with van der Waals surface area (Å²) in [5, 5.41) is 2.67. The number of carbonyl (C=O) groups is 1. The van der Waals surface area contributed by atoms with E-state index in [4.69, 9.17) is 0 Å². The molecule has 0 saturated heterocycles. The first-order valence-electron chi connectivity index (χ1n) is 7.85. The molecule has 0 unspecified atom stereocenters. The van der Waals surface area contributed by atoms with E-state index in [0.29, 0.717) is 5.56 Å². The first kappa shape index (κ1) is 19.1. The van der Waals surface area contributed by atoms with Gasteiger partial charge >= 0.3 is 0 Å². The molecule has 134 valence electrons. The second-order valence-corrected chi connectivity index (χ2v) is 7.72. The van der Waals surface area contributed by atoms with E-state index in [9.17, 15) is 17.6 Å². The molecule has 2 aromatic carbocycles. The number of nitrogens with one attached hydrogen (secondary N) is 1. The Hall–Kier alpha value is -2.25. The summed E-state index contributed by atoms with van der Waals surface area (Å²) in [7, 11) is -3.39. The fourth-order valence-corrected chi connectivity index (χ4v) is 3.17. The van der Waals surface area contributed by atoms with E-state index < -0.39 is 15.8 Å². The minimum Gasteiger partial charge on any atom is -0.354 e. The molecule has 0 aliphatic rings. The summed E-state index contributed by atoms with van der Waals surface area (Å²) in [4.78, 5) is 11.9. The maximum Gasteiger partial charge on any atom is 0.224 e. The largest absolute Gasteiger partial charge is 0.354 e. The van der Waals surface area contributed by atoms with Gasteiger partial charge in [-0.15, -0.1) is 0 Å². The zero-order valence-corrected chi connectivity index (χ0v) is 14.8. The van der Waals surface area contributed by atoms with Gasteiger partial charge in [0, 0.05) is 19.6 Å². The van der Waals surface area contributed by atoms with Gasteiger partial charge in [0.2, 0.25) is 15.9 Å². The van der Waals surface area contributed by atoms with Crippen molar-refractivity contribution in [3.63, 3.8) is 0 Å². The third kappa shape index (κ3) is 6.64. The molecule has 25 heavy (non-hydrogen) atoms. The number of carbonyl (C=O) groups excluding carboxylic acids is 1. The normalized spacial score (nSPS) is 11.5. The van der Waals surface area contributed by atoms with Crippen LogP contribution < -0.4 is 5.32 Å². The third-order valence-electron chi connectivity index (χ3n) is 3.61. The predicted octanol–water partition coefficient (Wildman–Crippen LogP) is 1.95. The van der Waals surface area contributed by atoms with Gasteiger partial charge in [0.25, 0.3) is 0 Å². The Morgan fingerprint density at radius 1 is 1.08 bits per heavy atom. The second kappa shape index (κ2) is 8.73. The van der Waals surface area contributed by atoms with Crippen LogP contribution in [0.1, 0.15) is 11.1 Å². The van der Waals surface area contributed by atoms with Crippen LogP contribution in [-0.4, -0.2) is 38.0 Å². The summed E-state index contributed by atoms with van der Waals surface area (Å²) in [6.45, 7) is 0.607. The van der Waals surface area contributed by atoms with Crippen LogP contribution in [0.25, 0.3) is 0 Å². The molecule has 1 N–H and O–H groups in total. The SMILES string of the molecule is CS(=O)(=O)N(CCNC(=O)Cc1cccc(F)c1)Cc1ccccc1. The first-order chi connectivity index (χ1) is 11.8. The summed E-state index contributed by atoms with van der Waals surface area (Å²) in [5.41, 5.74) is 1.45. The maximum atomic E-state index is 13.1. The molecule has 0 aliphatic heterocycles. The van der Waals surface area contributed by atoms with Crippen LogP contribution in [-0.2, 0) is 27.8 Å². The molecule has 0 spiro atoms. The highest BCUT2D eigenvalue weighted by atomic mass is 32.2. The molecule has 5 nitrogen and oxygen atoms in total. The third-order valence-corrected chi connectivity index (χ3v) is 4.86. The molecule has 0 fully saturated rings. The van der Waals surface area contributed by atoms with Gasteiger partial charge in [0.1, 0.15) is 5.82 Å². The molecule has 2 rings (SSSR count). The fourth-order valence-electron chi connectivity index (χ4n) is 2.36. The number of sulfonamides is 1. The first-order valence-corrected chi connectivity index (χ1v) is 9.69. The van der Waals surface area contributed by atoms with Gasteiger partial charge in [-0.05, 0) is 23.3 Å². The van der Waals surface area contributed by atoms with Crippen LogP contribution in [0.3, 0.4) is 0 Å². The van der Waals surface area contributed by atoms with Gasteiger partial charge in [-0.25, -0.2) is 12.8 Å². The van der Waals surface area contributed by atoms with Crippen LogP contribution in [0.2, 0.25) is 0 Å². The fraction of sp³-hybridized carbons (Fsp3) is 0.278. The zero-order valence-electron chi connectivity index (χ0n) is 14.0. The summed E-state index contributed by atoms with van der Waals surface area (Å²) < 4.78 is 38.2. The number of amides is 1. The molecule has 0 radical (unpaired) electrons. The smallest absolute Gasteiger partial charge is 0.224 e. The summed E-state index contributed by atoms with van der Waals surface area (Å²) >= 11 is 0. The Balaban J connectivity index is 1.87. The molecule has 0 bridgehead atoms. The van der Waals surface area contributed by atoms with Crippen molar-refractivity contribution in [3.05, 3.63) is 71.5 Å². The van der Waals surface area contributed by atoms with Crippen molar-refractivity contribution in [1.82, 2.24) is 9.62 Å². The number of halogens is 1. The number of hydrogen-bond donors (Lipinski definition) is 1. The second-order valence-electron chi connectivity index (χ2n) is 5.74. The van der Waals surface area contributed by atoms with Crippen LogP contribution in [0.4, 0.5) is 4.39 Å². The number of nitrogens with zero attached hydrogens (tertiary/aromatic N) is 1. The highest BCUT2D eigenvalue weighted by Crippen LogP contribution is 2.08. The van der Waals surface area contributed by atoms with Crippen molar-refractivity contribution in [2.75, 3.05) is 19.3 Å². The Morgan fingerprint density at radius 2 is 1.76 bits per heavy atom. The van der Waals surface area contributed by atoms with Crippen molar-refractivity contribution in [3.8, 4) is 0 Å². The monoisotopic (exact) mass is 364 g/mol. The average molecular weight is 364 g/mol. The Morgan fingerprint density at radius 3 is 2.40 bits per heavy atom. The standard InChI is InChI=1S/C18H21FN2O3S/c1-25(23,24)21(14-15-6-3-2-4-7-15)11-10-20-18(22)13-16-8-5-9-17(19)12-16/h2-9,12H,10-11,13-14H2,1H3,(H,20,22). The van der Waals surface area contributed by atoms with Crippen LogP contribution in [0, 0.1) is 5.82 Å². The van der Waals surface area contributed by atoms with Gasteiger partial charge < -0.3 is 5.32 Å². The predicted molar refractivity (Wildman–Crippen MR) is 94.8 cm³/mol. The number of rotatable bonds is 8. The van der Waals surface area contributed by atoms with Crippen molar-refractivity contribution in [2.24, 2.45) is 0 Å². The van der Waals surface area contributed by atoms with E-state index >= 15 is 0 Å². The molecule has 0 saturated carbocycles. The Kier molecular flexibility index (Phi) is 6.66. The van der Waals surface area contributed by atoms with E-state index in [1.54, 1.807) is 12.1 Å². The number of benzene rings is 2. The lowest BCUT2D eigenvalue weighted by Crippen LogP contribution is -2.38. The zero-order chi connectivity index (χ0) is 18.3. The van der Waals surface area contributed by atoms with E-state index in [-0.39, 0.29) is 32.0 Å². The van der Waals surface area contributed by atoms with Gasteiger partial charge in [-0.1, -0.05) is 42.5 Å². The van der Waals surface area contributed by atoms with Crippen LogP contribution in [0.5, 0.6) is 0 Å². The molecule has 0 aromatic heterocycles. The van der Waals surface area contributed by atoms with Gasteiger partial charge in [0.15, 0.2) is 0 Å². The highest BCUT2D eigenvalue weighted by molar-refractivity contribution is 7.88. The minimum atomic E-state index is -3.39. The maximum absolute atomic E-state index is 13.1. The lowest BCUT2D eigenvalue weighted by atomic mass is 10.1. The molecular weight excluding hydrogens is 343 g/mol. The van der Waals surface area contributed by atoms with Crippen molar-refractivity contribution >= 4 is 15.9 Å². The molecule has 0 atom stereocenters. The molecule has 1 amide bonds. The molecule has 7 heteroatoms. The molecule has 0 aliphatic carbocycles.